The van der Waals surface area contributed by atoms with Crippen molar-refractivity contribution in [1.29, 1.82) is 0 Å². The molecule has 0 aliphatic rings. The molecule has 1 aromatic rings. The third-order valence-corrected chi connectivity index (χ3v) is 4.13. The van der Waals surface area contributed by atoms with Gasteiger partial charge in [-0.05, 0) is 24.1 Å². The van der Waals surface area contributed by atoms with Crippen molar-refractivity contribution in [1.82, 2.24) is 4.72 Å². The van der Waals surface area contributed by atoms with Crippen molar-refractivity contribution >= 4 is 22.0 Å². The van der Waals surface area contributed by atoms with E-state index < -0.39 is 22.0 Å². The Hall–Kier alpha value is -1.93. The van der Waals surface area contributed by atoms with Crippen molar-refractivity contribution < 1.29 is 27.9 Å². The third kappa shape index (κ3) is 6.37. The van der Waals surface area contributed by atoms with E-state index in [0.717, 1.165) is 0 Å². The lowest BCUT2D eigenvalue weighted by Crippen LogP contribution is -2.26. The number of rotatable bonds is 8. The smallest absolute Gasteiger partial charge is 0.335 e. The van der Waals surface area contributed by atoms with Crippen LogP contribution in [0.3, 0.4) is 0 Å². The summed E-state index contributed by atoms with van der Waals surface area (Å²) in [5.41, 5.74) is 0.788. The van der Waals surface area contributed by atoms with Crippen LogP contribution in [0.25, 0.3) is 0 Å². The second-order valence-corrected chi connectivity index (χ2v) is 6.25. The average Bonchev–Trinajstić information content (AvgIpc) is 2.45. The van der Waals surface area contributed by atoms with Gasteiger partial charge in [-0.15, -0.1) is 0 Å². The van der Waals surface area contributed by atoms with Gasteiger partial charge in [0.2, 0.25) is 10.0 Å². The van der Waals surface area contributed by atoms with E-state index >= 15 is 0 Å². The van der Waals surface area contributed by atoms with Crippen molar-refractivity contribution in [2.45, 2.75) is 19.4 Å². The molecule has 0 bridgehead atoms. The van der Waals surface area contributed by atoms with E-state index in [1.54, 1.807) is 12.1 Å². The molecule has 1 rings (SSSR count). The van der Waals surface area contributed by atoms with Crippen LogP contribution in [0.15, 0.2) is 24.3 Å². The summed E-state index contributed by atoms with van der Waals surface area (Å²) in [5, 5.41) is 8.75. The lowest BCUT2D eigenvalue weighted by Gasteiger charge is -2.07. The Morgan fingerprint density at radius 2 is 1.86 bits per heavy atom. The Balaban J connectivity index is 2.45. The Bertz CT molecular complexity index is 594. The van der Waals surface area contributed by atoms with E-state index in [4.69, 9.17) is 5.11 Å². The molecule has 0 aliphatic carbocycles. The van der Waals surface area contributed by atoms with Crippen LogP contribution in [-0.2, 0) is 26.1 Å². The lowest BCUT2D eigenvalue weighted by atomic mass is 10.1. The van der Waals surface area contributed by atoms with Gasteiger partial charge in [0, 0.05) is 13.0 Å². The summed E-state index contributed by atoms with van der Waals surface area (Å²) in [6, 6.07) is 5.90. The van der Waals surface area contributed by atoms with Gasteiger partial charge in [0.15, 0.2) is 0 Å². The Morgan fingerprint density at radius 3 is 2.38 bits per heavy atom. The van der Waals surface area contributed by atoms with Gasteiger partial charge < -0.3 is 9.84 Å². The Morgan fingerprint density at radius 1 is 1.24 bits per heavy atom. The van der Waals surface area contributed by atoms with Gasteiger partial charge in [-0.25, -0.2) is 17.9 Å². The summed E-state index contributed by atoms with van der Waals surface area (Å²) in [6.45, 7) is 0.0699. The van der Waals surface area contributed by atoms with Crippen molar-refractivity contribution in [2.24, 2.45) is 0 Å². The molecule has 0 heterocycles. The molecule has 21 heavy (non-hydrogen) atoms. The summed E-state index contributed by atoms with van der Waals surface area (Å²) >= 11 is 0. The summed E-state index contributed by atoms with van der Waals surface area (Å²) < 4.78 is 30.2. The highest BCUT2D eigenvalue weighted by Gasteiger charge is 2.11. The molecule has 0 unspecified atom stereocenters. The quantitative estimate of drug-likeness (QED) is 0.685. The number of sulfonamides is 1. The minimum Gasteiger partial charge on any atom is -0.478 e. The number of carbonyl (C=O) groups excluding carboxylic acids is 1. The van der Waals surface area contributed by atoms with E-state index in [-0.39, 0.29) is 30.7 Å². The number of esters is 1. The van der Waals surface area contributed by atoms with Gasteiger partial charge >= 0.3 is 11.9 Å². The number of carboxylic acid groups (broad SMARTS) is 1. The third-order valence-electron chi connectivity index (χ3n) is 2.72. The highest BCUT2D eigenvalue weighted by Crippen LogP contribution is 2.05. The molecule has 116 valence electrons. The van der Waals surface area contributed by atoms with E-state index in [9.17, 15) is 18.0 Å². The average molecular weight is 315 g/mol. The molecular weight excluding hydrogens is 298 g/mol. The molecule has 0 spiro atoms. The number of ether oxygens (including phenoxy) is 1. The van der Waals surface area contributed by atoms with Crippen LogP contribution in [0.2, 0.25) is 0 Å². The number of carboxylic acids is 1. The number of nitrogens with one attached hydrogen (secondary N) is 1. The maximum atomic E-state index is 11.7. The maximum Gasteiger partial charge on any atom is 0.335 e. The van der Waals surface area contributed by atoms with Gasteiger partial charge in [0.1, 0.15) is 0 Å². The van der Waals surface area contributed by atoms with E-state index in [1.807, 2.05) is 0 Å². The van der Waals surface area contributed by atoms with Gasteiger partial charge in [0.05, 0.1) is 18.4 Å². The number of hydrogen-bond acceptors (Lipinski definition) is 5. The summed E-state index contributed by atoms with van der Waals surface area (Å²) in [4.78, 5) is 21.6. The molecule has 8 heteroatoms. The highest BCUT2D eigenvalue weighted by molar-refractivity contribution is 7.89. The van der Waals surface area contributed by atoms with Crippen molar-refractivity contribution in [3.63, 3.8) is 0 Å². The van der Waals surface area contributed by atoms with Gasteiger partial charge in [-0.2, -0.15) is 0 Å². The van der Waals surface area contributed by atoms with Gasteiger partial charge in [-0.3, -0.25) is 4.79 Å². The van der Waals surface area contributed by atoms with Gasteiger partial charge in [0.25, 0.3) is 0 Å². The number of benzene rings is 1. The van der Waals surface area contributed by atoms with Crippen LogP contribution >= 0.6 is 0 Å². The van der Waals surface area contributed by atoms with Crippen LogP contribution in [0.5, 0.6) is 0 Å². The van der Waals surface area contributed by atoms with Crippen LogP contribution in [0, 0.1) is 0 Å². The van der Waals surface area contributed by atoms with E-state index in [2.05, 4.69) is 9.46 Å². The molecular formula is C13H17NO6S. The second-order valence-electron chi connectivity index (χ2n) is 4.32. The Labute approximate surface area is 123 Å². The fraction of sp³-hybridized carbons (Fsp3) is 0.385. The summed E-state index contributed by atoms with van der Waals surface area (Å²) in [5.74, 6) is -1.66. The Kier molecular flexibility index (Phi) is 6.32. The van der Waals surface area contributed by atoms with Crippen LogP contribution < -0.4 is 4.72 Å². The highest BCUT2D eigenvalue weighted by atomic mass is 32.2. The molecule has 1 aromatic carbocycles. The molecule has 7 nitrogen and oxygen atoms in total. The molecule has 0 saturated carbocycles. The van der Waals surface area contributed by atoms with Crippen molar-refractivity contribution in [2.75, 3.05) is 12.9 Å². The first kappa shape index (κ1) is 17.1. The number of aromatic carboxylic acids is 1. The summed E-state index contributed by atoms with van der Waals surface area (Å²) in [7, 11) is -2.24. The molecule has 0 aliphatic heterocycles. The first-order valence-electron chi connectivity index (χ1n) is 6.20. The standard InChI is InChI=1S/C13H17NO6S/c1-20-12(15)3-2-8-21(18,19)14-9-10-4-6-11(7-5-10)13(16)17/h4-7,14H,2-3,8-9H2,1H3,(H,16,17). The molecule has 0 amide bonds. The second kappa shape index (κ2) is 7.75. The first-order chi connectivity index (χ1) is 9.84. The van der Waals surface area contributed by atoms with Crippen LogP contribution in [0.4, 0.5) is 0 Å². The predicted octanol–water partition coefficient (Wildman–Crippen LogP) is 0.757. The monoisotopic (exact) mass is 315 g/mol. The molecule has 0 saturated heterocycles. The zero-order valence-electron chi connectivity index (χ0n) is 11.5. The number of carbonyl (C=O) groups is 2. The van der Waals surface area contributed by atoms with E-state index in [0.29, 0.717) is 5.56 Å². The predicted molar refractivity (Wildman–Crippen MR) is 75.3 cm³/mol. The lowest BCUT2D eigenvalue weighted by molar-refractivity contribution is -0.140. The minimum absolute atomic E-state index is 0.0463. The zero-order chi connectivity index (χ0) is 15.9. The van der Waals surface area contributed by atoms with Crippen molar-refractivity contribution in [3.8, 4) is 0 Å². The fourth-order valence-corrected chi connectivity index (χ4v) is 2.59. The minimum atomic E-state index is -3.48. The fourth-order valence-electron chi connectivity index (χ4n) is 1.54. The molecule has 0 radical (unpaired) electrons. The maximum absolute atomic E-state index is 11.7. The number of hydrogen-bond donors (Lipinski definition) is 2. The summed E-state index contributed by atoms with van der Waals surface area (Å²) in [6.07, 6.45) is 0.227. The largest absolute Gasteiger partial charge is 0.478 e. The molecule has 0 atom stereocenters. The molecule has 0 fully saturated rings. The first-order valence-corrected chi connectivity index (χ1v) is 7.85. The van der Waals surface area contributed by atoms with Crippen LogP contribution in [-0.4, -0.2) is 38.3 Å². The topological polar surface area (TPSA) is 110 Å². The molecule has 2 N–H and O–H groups in total. The normalized spacial score (nSPS) is 11.1. The van der Waals surface area contributed by atoms with Crippen LogP contribution in [0.1, 0.15) is 28.8 Å². The van der Waals surface area contributed by atoms with Gasteiger partial charge in [-0.1, -0.05) is 12.1 Å². The van der Waals surface area contributed by atoms with Crippen molar-refractivity contribution in [3.05, 3.63) is 35.4 Å². The molecule has 0 aromatic heterocycles. The number of methoxy groups -OCH3 is 1. The SMILES string of the molecule is COC(=O)CCCS(=O)(=O)NCc1ccc(C(=O)O)cc1. The zero-order valence-corrected chi connectivity index (χ0v) is 12.4. The van der Waals surface area contributed by atoms with E-state index in [1.165, 1.54) is 19.2 Å².